The van der Waals surface area contributed by atoms with Gasteiger partial charge in [-0.2, -0.15) is 0 Å². The average Bonchev–Trinajstić information content (AvgIpc) is 2.91. The standard InChI is InChI=1S/C30H38ClN3O3/c1-19-14-22(31)9-10-23(19)29-28-25(16-30(3,4)17-27(28)36)32-24-15-21(18-37-13-7-12-33(5)6)8-11-26(24)34(29)20(2)35/h8-11,14-15,29,32H,7,12-13,16-18H2,1-6H3. The highest BCUT2D eigenvalue weighted by Gasteiger charge is 2.43. The Morgan fingerprint density at radius 1 is 1.19 bits per heavy atom. The number of hydrogen-bond acceptors (Lipinski definition) is 5. The smallest absolute Gasteiger partial charge is 0.224 e. The summed E-state index contributed by atoms with van der Waals surface area (Å²) in [5.41, 5.74) is 5.81. The van der Waals surface area contributed by atoms with Crippen LogP contribution in [0.4, 0.5) is 11.4 Å². The highest BCUT2D eigenvalue weighted by molar-refractivity contribution is 6.30. The summed E-state index contributed by atoms with van der Waals surface area (Å²) >= 11 is 6.28. The molecule has 0 saturated carbocycles. The zero-order valence-electron chi connectivity index (χ0n) is 22.8. The van der Waals surface area contributed by atoms with Crippen LogP contribution in [0, 0.1) is 12.3 Å². The van der Waals surface area contributed by atoms with Gasteiger partial charge in [-0.3, -0.25) is 14.5 Å². The van der Waals surface area contributed by atoms with E-state index in [4.69, 9.17) is 16.3 Å². The molecule has 1 atom stereocenters. The number of nitrogens with zero attached hydrogens (tertiary/aromatic N) is 2. The summed E-state index contributed by atoms with van der Waals surface area (Å²) in [5, 5.41) is 4.22. The summed E-state index contributed by atoms with van der Waals surface area (Å²) in [6.45, 7) is 9.92. The molecule has 198 valence electrons. The lowest BCUT2D eigenvalue weighted by molar-refractivity contribution is -0.118. The molecule has 0 aromatic heterocycles. The first-order valence-electron chi connectivity index (χ1n) is 12.9. The molecule has 6 nitrogen and oxygen atoms in total. The number of Topliss-reactive ketones (excluding diaryl/α,β-unsaturated/α-hetero) is 1. The second-order valence-corrected chi connectivity index (χ2v) is 11.7. The number of benzene rings is 2. The lowest BCUT2D eigenvalue weighted by Gasteiger charge is -2.37. The minimum absolute atomic E-state index is 0.0709. The summed E-state index contributed by atoms with van der Waals surface area (Å²) in [6.07, 6.45) is 2.11. The van der Waals surface area contributed by atoms with Crippen LogP contribution in [-0.2, 0) is 20.9 Å². The first kappa shape index (κ1) is 27.4. The molecule has 0 radical (unpaired) electrons. The molecule has 4 rings (SSSR count). The fourth-order valence-electron chi connectivity index (χ4n) is 5.44. The number of allylic oxidation sites excluding steroid dienone is 1. The molecule has 2 aromatic carbocycles. The van der Waals surface area contributed by atoms with Gasteiger partial charge in [0, 0.05) is 36.2 Å². The van der Waals surface area contributed by atoms with Crippen molar-refractivity contribution in [3.05, 3.63) is 69.4 Å². The summed E-state index contributed by atoms with van der Waals surface area (Å²) in [6, 6.07) is 11.1. The first-order chi connectivity index (χ1) is 17.5. The van der Waals surface area contributed by atoms with E-state index >= 15 is 0 Å². The fraction of sp³-hybridized carbons (Fsp3) is 0.467. The third kappa shape index (κ3) is 6.08. The normalized spacial score (nSPS) is 18.9. The first-order valence-corrected chi connectivity index (χ1v) is 13.3. The molecule has 0 saturated heterocycles. The predicted molar refractivity (Wildman–Crippen MR) is 150 cm³/mol. The predicted octanol–water partition coefficient (Wildman–Crippen LogP) is 6.28. The van der Waals surface area contributed by atoms with Gasteiger partial charge in [0.05, 0.1) is 24.0 Å². The second kappa shape index (κ2) is 11.0. The van der Waals surface area contributed by atoms with Gasteiger partial charge in [-0.1, -0.05) is 37.6 Å². The van der Waals surface area contributed by atoms with Crippen molar-refractivity contribution in [3.8, 4) is 0 Å². The van der Waals surface area contributed by atoms with Gasteiger partial charge in [0.1, 0.15) is 0 Å². The third-order valence-corrected chi connectivity index (χ3v) is 7.32. The Morgan fingerprint density at radius 3 is 2.62 bits per heavy atom. The molecular formula is C30H38ClN3O3. The van der Waals surface area contributed by atoms with E-state index in [1.165, 1.54) is 0 Å². The van der Waals surface area contributed by atoms with Crippen LogP contribution in [0.3, 0.4) is 0 Å². The van der Waals surface area contributed by atoms with Gasteiger partial charge in [0.25, 0.3) is 0 Å². The number of nitrogens with one attached hydrogen (secondary N) is 1. The Kier molecular flexibility index (Phi) is 8.12. The van der Waals surface area contributed by atoms with Crippen molar-refractivity contribution in [1.29, 1.82) is 0 Å². The molecule has 2 aromatic rings. The Hall–Kier alpha value is -2.67. The van der Waals surface area contributed by atoms with Crippen molar-refractivity contribution in [2.24, 2.45) is 5.41 Å². The SMILES string of the molecule is CC(=O)N1c2ccc(COCCCN(C)C)cc2NC2=C(C(=O)CC(C)(C)C2)C1c1ccc(Cl)cc1C. The lowest BCUT2D eigenvalue weighted by atomic mass is 9.73. The van der Waals surface area contributed by atoms with Crippen molar-refractivity contribution in [3.63, 3.8) is 0 Å². The van der Waals surface area contributed by atoms with Crippen molar-refractivity contribution >= 4 is 34.7 Å². The topological polar surface area (TPSA) is 61.9 Å². The minimum atomic E-state index is -0.532. The van der Waals surface area contributed by atoms with Crippen molar-refractivity contribution < 1.29 is 14.3 Å². The highest BCUT2D eigenvalue weighted by atomic mass is 35.5. The molecule has 0 fully saturated rings. The molecule has 2 aliphatic rings. The Labute approximate surface area is 225 Å². The molecule has 0 spiro atoms. The second-order valence-electron chi connectivity index (χ2n) is 11.3. The zero-order valence-corrected chi connectivity index (χ0v) is 23.5. The maximum Gasteiger partial charge on any atom is 0.224 e. The van der Waals surface area contributed by atoms with E-state index in [2.05, 4.69) is 38.2 Å². The van der Waals surface area contributed by atoms with Gasteiger partial charge < -0.3 is 15.0 Å². The quantitative estimate of drug-likeness (QED) is 0.433. The van der Waals surface area contributed by atoms with E-state index in [1.807, 2.05) is 43.3 Å². The molecule has 1 unspecified atom stereocenters. The number of ketones is 1. The van der Waals surface area contributed by atoms with E-state index in [9.17, 15) is 9.59 Å². The molecule has 1 amide bonds. The Morgan fingerprint density at radius 2 is 1.95 bits per heavy atom. The third-order valence-electron chi connectivity index (χ3n) is 7.09. The fourth-order valence-corrected chi connectivity index (χ4v) is 5.67. The van der Waals surface area contributed by atoms with E-state index < -0.39 is 6.04 Å². The number of amides is 1. The van der Waals surface area contributed by atoms with Crippen molar-refractivity contribution in [2.75, 3.05) is 37.5 Å². The van der Waals surface area contributed by atoms with E-state index in [-0.39, 0.29) is 17.1 Å². The Bertz CT molecular complexity index is 1230. The Balaban J connectivity index is 1.79. The van der Waals surface area contributed by atoms with Gasteiger partial charge in [0.15, 0.2) is 5.78 Å². The van der Waals surface area contributed by atoms with Crippen LogP contribution in [0.5, 0.6) is 0 Å². The average molecular weight is 524 g/mol. The number of halogens is 1. The molecule has 0 bridgehead atoms. The molecule has 7 heteroatoms. The number of rotatable bonds is 7. The maximum atomic E-state index is 13.7. The minimum Gasteiger partial charge on any atom is -0.377 e. The summed E-state index contributed by atoms with van der Waals surface area (Å²) < 4.78 is 5.93. The molecule has 1 aliphatic carbocycles. The summed E-state index contributed by atoms with van der Waals surface area (Å²) in [7, 11) is 4.11. The van der Waals surface area contributed by atoms with Crippen LogP contribution in [-0.4, -0.2) is 43.8 Å². The number of hydrogen-bond donors (Lipinski definition) is 1. The number of fused-ring (bicyclic) bond motifs is 1. The number of anilines is 2. The van der Waals surface area contributed by atoms with Crippen LogP contribution < -0.4 is 10.2 Å². The van der Waals surface area contributed by atoms with Gasteiger partial charge >= 0.3 is 0 Å². The van der Waals surface area contributed by atoms with E-state index in [0.29, 0.717) is 36.7 Å². The van der Waals surface area contributed by atoms with E-state index in [0.717, 1.165) is 46.7 Å². The van der Waals surface area contributed by atoms with Crippen LogP contribution in [0.15, 0.2) is 47.7 Å². The van der Waals surface area contributed by atoms with Gasteiger partial charge in [-0.15, -0.1) is 0 Å². The molecule has 37 heavy (non-hydrogen) atoms. The maximum absolute atomic E-state index is 13.7. The van der Waals surface area contributed by atoms with E-state index in [1.54, 1.807) is 11.8 Å². The largest absolute Gasteiger partial charge is 0.377 e. The number of aryl methyl sites for hydroxylation is 1. The highest BCUT2D eigenvalue weighted by Crippen LogP contribution is 2.49. The van der Waals surface area contributed by atoms with Crippen LogP contribution in [0.1, 0.15) is 62.8 Å². The van der Waals surface area contributed by atoms with Crippen LogP contribution in [0.25, 0.3) is 0 Å². The molecule has 1 heterocycles. The number of carbonyl (C=O) groups is 2. The molecule has 1 aliphatic heterocycles. The van der Waals surface area contributed by atoms with Crippen molar-refractivity contribution in [1.82, 2.24) is 4.90 Å². The number of carbonyl (C=O) groups excluding carboxylic acids is 2. The molecule has 1 N–H and O–H groups in total. The number of ether oxygens (including phenoxy) is 1. The van der Waals surface area contributed by atoms with Gasteiger partial charge in [0.2, 0.25) is 5.91 Å². The van der Waals surface area contributed by atoms with Crippen LogP contribution >= 0.6 is 11.6 Å². The van der Waals surface area contributed by atoms with Crippen molar-refractivity contribution in [2.45, 2.75) is 59.6 Å². The van der Waals surface area contributed by atoms with Gasteiger partial charge in [-0.05, 0) is 86.8 Å². The van der Waals surface area contributed by atoms with Crippen LogP contribution in [0.2, 0.25) is 5.02 Å². The zero-order chi connectivity index (χ0) is 26.9. The van der Waals surface area contributed by atoms with Gasteiger partial charge in [-0.25, -0.2) is 0 Å². The summed E-state index contributed by atoms with van der Waals surface area (Å²) in [4.78, 5) is 30.9. The molecular weight excluding hydrogens is 486 g/mol. The lowest BCUT2D eigenvalue weighted by Crippen LogP contribution is -2.38. The monoisotopic (exact) mass is 523 g/mol. The summed E-state index contributed by atoms with van der Waals surface area (Å²) in [5.74, 6) is -0.0527.